The van der Waals surface area contributed by atoms with Crippen LogP contribution in [0.4, 0.5) is 4.79 Å². The van der Waals surface area contributed by atoms with E-state index in [1.54, 1.807) is 29.4 Å². The van der Waals surface area contributed by atoms with Crippen LogP contribution in [0.1, 0.15) is 30.5 Å². The number of benzene rings is 1. The minimum atomic E-state index is -0.230. The van der Waals surface area contributed by atoms with Gasteiger partial charge in [-0.3, -0.25) is 0 Å². The van der Waals surface area contributed by atoms with Crippen LogP contribution in [0.5, 0.6) is 0 Å². The molecule has 26 heavy (non-hydrogen) atoms. The van der Waals surface area contributed by atoms with E-state index in [2.05, 4.69) is 15.5 Å². The van der Waals surface area contributed by atoms with E-state index in [0.717, 1.165) is 18.4 Å². The van der Waals surface area contributed by atoms with Crippen molar-refractivity contribution in [2.75, 3.05) is 6.54 Å². The molecule has 1 N–H and O–H groups in total. The first-order valence-electron chi connectivity index (χ1n) is 8.37. The van der Waals surface area contributed by atoms with Crippen LogP contribution in [0.15, 0.2) is 51.6 Å². The average molecular weight is 373 g/mol. The summed E-state index contributed by atoms with van der Waals surface area (Å²) in [5.74, 6) is 1.60. The van der Waals surface area contributed by atoms with Gasteiger partial charge in [0.25, 0.3) is 0 Å². The molecule has 1 unspecified atom stereocenters. The van der Waals surface area contributed by atoms with Crippen LogP contribution in [0.25, 0.3) is 11.4 Å². The van der Waals surface area contributed by atoms with E-state index < -0.39 is 0 Å². The molecule has 4 rings (SSSR count). The number of aromatic nitrogens is 2. The number of rotatable bonds is 4. The molecule has 1 aliphatic heterocycles. The Kier molecular flexibility index (Phi) is 4.62. The number of halogens is 1. The van der Waals surface area contributed by atoms with E-state index in [1.165, 1.54) is 0 Å². The summed E-state index contributed by atoms with van der Waals surface area (Å²) in [5, 5.41) is 7.50. The van der Waals surface area contributed by atoms with Gasteiger partial charge in [-0.1, -0.05) is 28.9 Å². The third kappa shape index (κ3) is 3.43. The molecule has 1 aromatic carbocycles. The van der Waals surface area contributed by atoms with E-state index in [1.807, 2.05) is 18.2 Å². The quantitative estimate of drug-likeness (QED) is 0.747. The molecule has 7 nitrogen and oxygen atoms in total. The molecule has 2 amide bonds. The fourth-order valence-electron chi connectivity index (χ4n) is 3.06. The normalized spacial score (nSPS) is 16.8. The number of amides is 2. The molecule has 0 aliphatic carbocycles. The van der Waals surface area contributed by atoms with Gasteiger partial charge in [0.1, 0.15) is 11.8 Å². The monoisotopic (exact) mass is 372 g/mol. The summed E-state index contributed by atoms with van der Waals surface area (Å²) in [4.78, 5) is 18.7. The Bertz CT molecular complexity index is 893. The molecule has 0 radical (unpaired) electrons. The van der Waals surface area contributed by atoms with Gasteiger partial charge in [0.05, 0.1) is 12.8 Å². The van der Waals surface area contributed by atoms with Crippen molar-refractivity contribution in [3.8, 4) is 11.4 Å². The van der Waals surface area contributed by atoms with Crippen molar-refractivity contribution in [1.82, 2.24) is 20.4 Å². The zero-order valence-corrected chi connectivity index (χ0v) is 14.6. The first-order chi connectivity index (χ1) is 12.7. The van der Waals surface area contributed by atoms with Gasteiger partial charge < -0.3 is 19.2 Å². The highest BCUT2D eigenvalue weighted by atomic mass is 35.5. The van der Waals surface area contributed by atoms with Gasteiger partial charge in [0, 0.05) is 17.1 Å². The Morgan fingerprint density at radius 3 is 3.08 bits per heavy atom. The maximum absolute atomic E-state index is 12.5. The van der Waals surface area contributed by atoms with Gasteiger partial charge in [-0.15, -0.1) is 0 Å². The Morgan fingerprint density at radius 2 is 2.27 bits per heavy atom. The molecular weight excluding hydrogens is 356 g/mol. The van der Waals surface area contributed by atoms with Crippen LogP contribution in [0.3, 0.4) is 0 Å². The highest BCUT2D eigenvalue weighted by molar-refractivity contribution is 6.30. The largest absolute Gasteiger partial charge is 0.467 e. The summed E-state index contributed by atoms with van der Waals surface area (Å²) >= 11 is 6.02. The number of nitrogens with one attached hydrogen (secondary N) is 1. The fourth-order valence-corrected chi connectivity index (χ4v) is 3.25. The standard InChI is InChI=1S/C18H17ClN4O3/c19-13-5-1-4-12(10-13)16-21-17(26-22-16)15-7-2-8-23(15)18(24)20-11-14-6-3-9-25-14/h1,3-6,9-10,15H,2,7-8,11H2,(H,20,24). The Balaban J connectivity index is 1.47. The molecule has 3 heterocycles. The highest BCUT2D eigenvalue weighted by Gasteiger charge is 2.34. The van der Waals surface area contributed by atoms with Crippen LogP contribution >= 0.6 is 11.6 Å². The minimum Gasteiger partial charge on any atom is -0.467 e. The minimum absolute atomic E-state index is 0.175. The predicted octanol–water partition coefficient (Wildman–Crippen LogP) is 4.03. The smallest absolute Gasteiger partial charge is 0.318 e. The van der Waals surface area contributed by atoms with Gasteiger partial charge in [0.15, 0.2) is 0 Å². The number of nitrogens with zero attached hydrogens (tertiary/aromatic N) is 3. The number of furan rings is 1. The second-order valence-electron chi connectivity index (χ2n) is 6.06. The molecule has 1 atom stereocenters. The molecule has 0 spiro atoms. The Morgan fingerprint density at radius 1 is 1.35 bits per heavy atom. The van der Waals surface area contributed by atoms with Crippen LogP contribution in [-0.4, -0.2) is 27.6 Å². The lowest BCUT2D eigenvalue weighted by molar-refractivity contribution is 0.179. The Hall–Kier alpha value is -2.80. The molecule has 1 saturated heterocycles. The predicted molar refractivity (Wildman–Crippen MR) is 94.4 cm³/mol. The van der Waals surface area contributed by atoms with Gasteiger partial charge in [0.2, 0.25) is 11.7 Å². The van der Waals surface area contributed by atoms with Crippen molar-refractivity contribution in [2.24, 2.45) is 0 Å². The van der Waals surface area contributed by atoms with Crippen molar-refractivity contribution < 1.29 is 13.7 Å². The van der Waals surface area contributed by atoms with E-state index in [9.17, 15) is 4.79 Å². The second-order valence-corrected chi connectivity index (χ2v) is 6.49. The van der Waals surface area contributed by atoms with Crippen LogP contribution < -0.4 is 5.32 Å². The number of urea groups is 1. The first kappa shape index (κ1) is 16.7. The third-order valence-electron chi connectivity index (χ3n) is 4.32. The molecule has 3 aromatic rings. The van der Waals surface area contributed by atoms with Gasteiger partial charge in [-0.25, -0.2) is 4.79 Å². The van der Waals surface area contributed by atoms with Crippen molar-refractivity contribution >= 4 is 17.6 Å². The first-order valence-corrected chi connectivity index (χ1v) is 8.75. The second kappa shape index (κ2) is 7.21. The molecule has 0 saturated carbocycles. The fraction of sp³-hybridized carbons (Fsp3) is 0.278. The summed E-state index contributed by atoms with van der Waals surface area (Å²) < 4.78 is 10.7. The number of carbonyl (C=O) groups is 1. The zero-order valence-electron chi connectivity index (χ0n) is 13.9. The van der Waals surface area contributed by atoms with Crippen molar-refractivity contribution in [2.45, 2.75) is 25.4 Å². The maximum atomic E-state index is 12.5. The molecule has 0 bridgehead atoms. The van der Waals surface area contributed by atoms with E-state index in [-0.39, 0.29) is 12.1 Å². The van der Waals surface area contributed by atoms with Gasteiger partial charge in [-0.2, -0.15) is 4.98 Å². The van der Waals surface area contributed by atoms with Gasteiger partial charge >= 0.3 is 6.03 Å². The van der Waals surface area contributed by atoms with E-state index >= 15 is 0 Å². The van der Waals surface area contributed by atoms with E-state index in [0.29, 0.717) is 35.6 Å². The van der Waals surface area contributed by atoms with Gasteiger partial charge in [-0.05, 0) is 37.1 Å². The topological polar surface area (TPSA) is 84.4 Å². The summed E-state index contributed by atoms with van der Waals surface area (Å²) in [6.07, 6.45) is 3.25. The molecule has 2 aromatic heterocycles. The number of likely N-dealkylation sites (tertiary alicyclic amines) is 1. The maximum Gasteiger partial charge on any atom is 0.318 e. The lowest BCUT2D eigenvalue weighted by atomic mass is 10.2. The van der Waals surface area contributed by atoms with E-state index in [4.69, 9.17) is 20.5 Å². The summed E-state index contributed by atoms with van der Waals surface area (Å²) in [5.41, 5.74) is 0.777. The molecule has 1 aliphatic rings. The van der Waals surface area contributed by atoms with Crippen LogP contribution in [-0.2, 0) is 6.54 Å². The van der Waals surface area contributed by atoms with Crippen LogP contribution in [0.2, 0.25) is 5.02 Å². The molecule has 1 fully saturated rings. The van der Waals surface area contributed by atoms with Crippen LogP contribution in [0, 0.1) is 0 Å². The average Bonchev–Trinajstić information content (AvgIpc) is 3.40. The van der Waals surface area contributed by atoms with Crippen molar-refractivity contribution in [1.29, 1.82) is 0 Å². The number of hydrogen-bond acceptors (Lipinski definition) is 5. The molecular formula is C18H17ClN4O3. The molecule has 8 heteroatoms. The number of hydrogen-bond donors (Lipinski definition) is 1. The lowest BCUT2D eigenvalue weighted by Gasteiger charge is -2.21. The summed E-state index contributed by atoms with van der Waals surface area (Å²) in [6, 6.07) is 10.5. The highest BCUT2D eigenvalue weighted by Crippen LogP contribution is 2.32. The third-order valence-corrected chi connectivity index (χ3v) is 4.55. The lowest BCUT2D eigenvalue weighted by Crippen LogP contribution is -2.39. The zero-order chi connectivity index (χ0) is 17.9. The Labute approximate surface area is 154 Å². The van der Waals surface area contributed by atoms with Crippen molar-refractivity contribution in [3.05, 3.63) is 59.3 Å². The summed E-state index contributed by atoms with van der Waals surface area (Å²) in [7, 11) is 0. The summed E-state index contributed by atoms with van der Waals surface area (Å²) in [6.45, 7) is 0.982. The SMILES string of the molecule is O=C(NCc1ccco1)N1CCCC1c1nc(-c2cccc(Cl)c2)no1. The molecule has 134 valence electrons. The number of carbonyl (C=O) groups excluding carboxylic acids is 1. The van der Waals surface area contributed by atoms with Crippen molar-refractivity contribution in [3.63, 3.8) is 0 Å².